The Hall–Kier alpha value is -0.680. The van der Waals surface area contributed by atoms with E-state index in [4.69, 9.17) is 5.73 Å². The highest BCUT2D eigenvalue weighted by Gasteiger charge is 2.13. The standard InChI is InChI=1S/C5H8N4S/c6-1-4-2-7-5-9(4)8-3-10-5/h2,8H,1,3,6H2. The van der Waals surface area contributed by atoms with Crippen LogP contribution in [-0.2, 0) is 6.54 Å². The van der Waals surface area contributed by atoms with Crippen molar-refractivity contribution in [3.05, 3.63) is 11.9 Å². The Morgan fingerprint density at radius 1 is 1.90 bits per heavy atom. The van der Waals surface area contributed by atoms with Gasteiger partial charge in [-0.1, -0.05) is 11.8 Å². The molecule has 0 spiro atoms. The molecule has 1 aromatic rings. The monoisotopic (exact) mass is 156 g/mol. The lowest BCUT2D eigenvalue weighted by molar-refractivity contribution is 0.769. The van der Waals surface area contributed by atoms with Crippen molar-refractivity contribution in [2.45, 2.75) is 11.7 Å². The number of nitrogens with one attached hydrogen (secondary N) is 1. The van der Waals surface area contributed by atoms with Gasteiger partial charge in [-0.15, -0.1) is 0 Å². The van der Waals surface area contributed by atoms with E-state index in [2.05, 4.69) is 10.4 Å². The maximum Gasteiger partial charge on any atom is 0.188 e. The highest BCUT2D eigenvalue weighted by molar-refractivity contribution is 7.99. The van der Waals surface area contributed by atoms with Gasteiger partial charge in [0.2, 0.25) is 0 Å². The smallest absolute Gasteiger partial charge is 0.188 e. The Bertz CT molecular complexity index is 244. The number of hydrogen-bond donors (Lipinski definition) is 2. The molecule has 5 heteroatoms. The van der Waals surface area contributed by atoms with Crippen LogP contribution in [-0.4, -0.2) is 15.5 Å². The summed E-state index contributed by atoms with van der Waals surface area (Å²) in [7, 11) is 0. The third-order valence-corrected chi connectivity index (χ3v) is 2.26. The predicted molar refractivity (Wildman–Crippen MR) is 40.2 cm³/mol. The van der Waals surface area contributed by atoms with Gasteiger partial charge >= 0.3 is 0 Å². The predicted octanol–water partition coefficient (Wildman–Crippen LogP) is -0.0515. The van der Waals surface area contributed by atoms with E-state index in [0.717, 1.165) is 16.7 Å². The number of fused-ring (bicyclic) bond motifs is 1. The molecule has 0 amide bonds. The largest absolute Gasteiger partial charge is 0.325 e. The number of thioether (sulfide) groups is 1. The van der Waals surface area contributed by atoms with Crippen molar-refractivity contribution in [1.29, 1.82) is 0 Å². The molecule has 0 fully saturated rings. The topological polar surface area (TPSA) is 55.9 Å². The Labute approximate surface area is 62.8 Å². The van der Waals surface area contributed by atoms with E-state index in [1.165, 1.54) is 0 Å². The first-order valence-electron chi connectivity index (χ1n) is 3.05. The van der Waals surface area contributed by atoms with Crippen LogP contribution in [0.3, 0.4) is 0 Å². The summed E-state index contributed by atoms with van der Waals surface area (Å²) in [5.41, 5.74) is 9.64. The van der Waals surface area contributed by atoms with Crippen LogP contribution in [0.4, 0.5) is 0 Å². The molecule has 0 atom stereocenters. The first-order chi connectivity index (χ1) is 4.92. The average molecular weight is 156 g/mol. The molecule has 4 nitrogen and oxygen atoms in total. The maximum atomic E-state index is 5.46. The van der Waals surface area contributed by atoms with Gasteiger partial charge in [0.05, 0.1) is 17.8 Å². The molecule has 3 N–H and O–H groups in total. The Kier molecular flexibility index (Phi) is 1.32. The molecular formula is C5H8N4S. The quantitative estimate of drug-likeness (QED) is 0.598. The third-order valence-electron chi connectivity index (χ3n) is 1.44. The average Bonchev–Trinajstić information content (AvgIpc) is 2.44. The number of aromatic nitrogens is 2. The molecule has 1 aliphatic heterocycles. The second-order valence-corrected chi connectivity index (χ2v) is 2.96. The number of rotatable bonds is 1. The lowest BCUT2D eigenvalue weighted by atomic mass is 10.5. The fraction of sp³-hybridized carbons (Fsp3) is 0.400. The van der Waals surface area contributed by atoms with Crippen molar-refractivity contribution in [2.24, 2.45) is 5.73 Å². The highest BCUT2D eigenvalue weighted by atomic mass is 32.2. The summed E-state index contributed by atoms with van der Waals surface area (Å²) < 4.78 is 1.94. The van der Waals surface area contributed by atoms with Crippen LogP contribution in [0.2, 0.25) is 0 Å². The van der Waals surface area contributed by atoms with Crippen molar-refractivity contribution >= 4 is 11.8 Å². The Morgan fingerprint density at radius 2 is 2.80 bits per heavy atom. The first-order valence-corrected chi connectivity index (χ1v) is 4.04. The molecule has 0 aromatic carbocycles. The van der Waals surface area contributed by atoms with E-state index >= 15 is 0 Å². The second-order valence-electron chi connectivity index (χ2n) is 2.02. The summed E-state index contributed by atoms with van der Waals surface area (Å²) in [5.74, 6) is 0.899. The molecule has 0 aliphatic carbocycles. The minimum absolute atomic E-state index is 0.542. The maximum absolute atomic E-state index is 5.46. The third kappa shape index (κ3) is 0.708. The van der Waals surface area contributed by atoms with Crippen molar-refractivity contribution in [2.75, 3.05) is 11.3 Å². The molecule has 0 radical (unpaired) electrons. The van der Waals surface area contributed by atoms with E-state index in [9.17, 15) is 0 Å². The van der Waals surface area contributed by atoms with Crippen molar-refractivity contribution < 1.29 is 0 Å². The minimum Gasteiger partial charge on any atom is -0.325 e. The van der Waals surface area contributed by atoms with Gasteiger partial charge in [-0.3, -0.25) is 0 Å². The van der Waals surface area contributed by atoms with Crippen LogP contribution in [0, 0.1) is 0 Å². The number of nitrogens with zero attached hydrogens (tertiary/aromatic N) is 2. The summed E-state index contributed by atoms with van der Waals surface area (Å²) in [6, 6.07) is 0. The van der Waals surface area contributed by atoms with Crippen LogP contribution < -0.4 is 11.2 Å². The molecule has 0 bridgehead atoms. The van der Waals surface area contributed by atoms with Crippen LogP contribution >= 0.6 is 11.8 Å². The van der Waals surface area contributed by atoms with Gasteiger partial charge in [0, 0.05) is 6.54 Å². The molecule has 1 aromatic heterocycles. The van der Waals surface area contributed by atoms with Crippen LogP contribution in [0.25, 0.3) is 0 Å². The Balaban J connectivity index is 2.44. The normalized spacial score (nSPS) is 14.9. The molecular weight excluding hydrogens is 148 g/mol. The van der Waals surface area contributed by atoms with Gasteiger partial charge in [-0.05, 0) is 0 Å². The highest BCUT2D eigenvalue weighted by Crippen LogP contribution is 2.21. The number of hydrogen-bond acceptors (Lipinski definition) is 4. The van der Waals surface area contributed by atoms with E-state index in [0.29, 0.717) is 6.54 Å². The summed E-state index contributed by atoms with van der Waals surface area (Å²) in [5, 5.41) is 1.01. The molecule has 0 saturated carbocycles. The van der Waals surface area contributed by atoms with Gasteiger partial charge in [0.1, 0.15) is 0 Å². The lowest BCUT2D eigenvalue weighted by Gasteiger charge is -2.00. The van der Waals surface area contributed by atoms with Crippen molar-refractivity contribution in [3.8, 4) is 0 Å². The Morgan fingerprint density at radius 3 is 3.60 bits per heavy atom. The van der Waals surface area contributed by atoms with Gasteiger partial charge in [-0.25, -0.2) is 9.66 Å². The zero-order chi connectivity index (χ0) is 6.97. The SMILES string of the molecule is NCc1cnc2n1NCS2. The van der Waals surface area contributed by atoms with Crippen LogP contribution in [0.1, 0.15) is 5.69 Å². The van der Waals surface area contributed by atoms with E-state index in [1.54, 1.807) is 18.0 Å². The summed E-state index contributed by atoms with van der Waals surface area (Å²) in [6.45, 7) is 0.542. The molecule has 2 rings (SSSR count). The van der Waals surface area contributed by atoms with Crippen molar-refractivity contribution in [3.63, 3.8) is 0 Å². The molecule has 1 aliphatic rings. The van der Waals surface area contributed by atoms with Crippen molar-refractivity contribution in [1.82, 2.24) is 9.66 Å². The van der Waals surface area contributed by atoms with Gasteiger partial charge in [-0.2, -0.15) is 0 Å². The van der Waals surface area contributed by atoms with Gasteiger partial charge in [0.15, 0.2) is 5.16 Å². The van der Waals surface area contributed by atoms with Crippen LogP contribution in [0.15, 0.2) is 11.4 Å². The van der Waals surface area contributed by atoms with E-state index < -0.39 is 0 Å². The zero-order valence-corrected chi connectivity index (χ0v) is 6.19. The summed E-state index contributed by atoms with van der Waals surface area (Å²) in [4.78, 5) is 4.15. The van der Waals surface area contributed by atoms with Crippen LogP contribution in [0.5, 0.6) is 0 Å². The first kappa shape index (κ1) is 6.06. The minimum atomic E-state index is 0.542. The lowest BCUT2D eigenvalue weighted by Crippen LogP contribution is -2.13. The fourth-order valence-electron chi connectivity index (χ4n) is 0.944. The molecule has 2 heterocycles. The van der Waals surface area contributed by atoms with E-state index in [-0.39, 0.29) is 0 Å². The fourth-order valence-corrected chi connectivity index (χ4v) is 1.71. The van der Waals surface area contributed by atoms with Gasteiger partial charge in [0.25, 0.3) is 0 Å². The molecule has 0 unspecified atom stereocenters. The molecule has 54 valence electrons. The molecule has 0 saturated heterocycles. The second kappa shape index (κ2) is 2.17. The summed E-state index contributed by atoms with van der Waals surface area (Å²) >= 11 is 1.69. The van der Waals surface area contributed by atoms with E-state index in [1.807, 2.05) is 4.68 Å². The summed E-state index contributed by atoms with van der Waals surface area (Å²) in [6.07, 6.45) is 1.80. The number of nitrogens with two attached hydrogens (primary N) is 1. The zero-order valence-electron chi connectivity index (χ0n) is 5.37. The molecule has 10 heavy (non-hydrogen) atoms. The number of imidazole rings is 1. The van der Waals surface area contributed by atoms with Gasteiger partial charge < -0.3 is 11.2 Å².